The number of phenols is 1. The van der Waals surface area contributed by atoms with E-state index in [1.165, 1.54) is 0 Å². The van der Waals surface area contributed by atoms with Gasteiger partial charge in [0.15, 0.2) is 0 Å². The van der Waals surface area contributed by atoms with Crippen molar-refractivity contribution >= 4 is 11.0 Å². The minimum absolute atomic E-state index is 0.0925. The molecule has 2 aromatic heterocycles. The minimum atomic E-state index is -0.909. The first-order valence-corrected chi connectivity index (χ1v) is 21.3. The molecule has 0 bridgehead atoms. The fourth-order valence-corrected chi connectivity index (χ4v) is 8.48. The first kappa shape index (κ1) is 38.2. The molecule has 0 saturated heterocycles. The second-order valence-corrected chi connectivity index (χ2v) is 16.8. The van der Waals surface area contributed by atoms with Crippen molar-refractivity contribution in [3.63, 3.8) is 0 Å². The molecular formula is C57H51N3O. The molecule has 4 nitrogen and oxygen atoms in total. The Morgan fingerprint density at radius 1 is 0.492 bits per heavy atom. The lowest BCUT2D eigenvalue weighted by atomic mass is 9.91. The van der Waals surface area contributed by atoms with Gasteiger partial charge in [0.05, 0.1) is 22.3 Å². The SMILES string of the molecule is [2H]C(C)(C)c1cc(-n2c(-c3cc(C(C)C)cc(C(C)C)c3O)nc3c(-c4cc(-c5ccccc5)cc(-c5cc(-c6ccccc6)ccn5)c4)cccc32)ccc1-c1ccccc1. The average molecular weight is 795 g/mol. The van der Waals surface area contributed by atoms with Crippen LogP contribution in [0.25, 0.3) is 83.9 Å². The van der Waals surface area contributed by atoms with Gasteiger partial charge in [-0.05, 0) is 128 Å². The highest BCUT2D eigenvalue weighted by Crippen LogP contribution is 2.44. The van der Waals surface area contributed by atoms with Crippen LogP contribution in [-0.4, -0.2) is 19.6 Å². The van der Waals surface area contributed by atoms with Gasteiger partial charge < -0.3 is 5.11 Å². The summed E-state index contributed by atoms with van der Waals surface area (Å²) in [5, 5.41) is 12.2. The number of para-hydroxylation sites is 1. The zero-order chi connectivity index (χ0) is 43.1. The van der Waals surface area contributed by atoms with Crippen molar-refractivity contribution in [3.05, 3.63) is 193 Å². The van der Waals surface area contributed by atoms with E-state index in [2.05, 4.69) is 172 Å². The van der Waals surface area contributed by atoms with Crippen molar-refractivity contribution < 1.29 is 6.48 Å². The number of hydrogen-bond acceptors (Lipinski definition) is 3. The number of phenolic OH excluding ortho intramolecular Hbond substituents is 1. The van der Waals surface area contributed by atoms with Gasteiger partial charge in [0.25, 0.3) is 0 Å². The van der Waals surface area contributed by atoms with Crippen molar-refractivity contribution in [3.8, 4) is 78.6 Å². The number of aromatic hydroxyl groups is 1. The number of benzene rings is 7. The number of imidazole rings is 1. The van der Waals surface area contributed by atoms with Crippen LogP contribution in [-0.2, 0) is 0 Å². The third kappa shape index (κ3) is 7.66. The highest BCUT2D eigenvalue weighted by molar-refractivity contribution is 5.98. The molecule has 0 aliphatic carbocycles. The number of rotatable bonds is 10. The van der Waals surface area contributed by atoms with Crippen LogP contribution in [0.5, 0.6) is 5.75 Å². The minimum Gasteiger partial charge on any atom is -0.507 e. The van der Waals surface area contributed by atoms with Crippen LogP contribution in [0.15, 0.2) is 176 Å². The van der Waals surface area contributed by atoms with E-state index in [9.17, 15) is 6.48 Å². The van der Waals surface area contributed by atoms with Crippen LogP contribution in [0.2, 0.25) is 0 Å². The van der Waals surface area contributed by atoms with Gasteiger partial charge in [0, 0.05) is 24.4 Å². The van der Waals surface area contributed by atoms with Gasteiger partial charge in [-0.3, -0.25) is 9.55 Å². The van der Waals surface area contributed by atoms with Crippen molar-refractivity contribution in [2.75, 3.05) is 0 Å². The molecule has 300 valence electrons. The monoisotopic (exact) mass is 794 g/mol. The summed E-state index contributed by atoms with van der Waals surface area (Å²) < 4.78 is 11.6. The molecule has 9 aromatic rings. The van der Waals surface area contributed by atoms with E-state index < -0.39 is 5.89 Å². The quantitative estimate of drug-likeness (QED) is 0.150. The Hall–Kier alpha value is -7.04. The van der Waals surface area contributed by atoms with Gasteiger partial charge in [0.1, 0.15) is 11.6 Å². The van der Waals surface area contributed by atoms with Crippen molar-refractivity contribution in [1.29, 1.82) is 0 Å². The maximum absolute atomic E-state index is 12.2. The summed E-state index contributed by atoms with van der Waals surface area (Å²) in [4.78, 5) is 10.5. The van der Waals surface area contributed by atoms with Gasteiger partial charge >= 0.3 is 0 Å². The fraction of sp³-hybridized carbons (Fsp3) is 0.158. The summed E-state index contributed by atoms with van der Waals surface area (Å²) >= 11 is 0. The van der Waals surface area contributed by atoms with Crippen LogP contribution in [0, 0.1) is 0 Å². The number of pyridine rings is 1. The van der Waals surface area contributed by atoms with Crippen molar-refractivity contribution in [2.24, 2.45) is 0 Å². The molecular weight excluding hydrogens is 743 g/mol. The molecule has 0 radical (unpaired) electrons. The van der Waals surface area contributed by atoms with Crippen LogP contribution in [0.1, 0.15) is 77.3 Å². The molecule has 0 saturated carbocycles. The Bertz CT molecular complexity index is 3050. The van der Waals surface area contributed by atoms with Gasteiger partial charge in [-0.15, -0.1) is 0 Å². The van der Waals surface area contributed by atoms with Gasteiger partial charge in [-0.2, -0.15) is 0 Å². The van der Waals surface area contributed by atoms with Crippen LogP contribution < -0.4 is 0 Å². The average Bonchev–Trinajstić information content (AvgIpc) is 3.69. The summed E-state index contributed by atoms with van der Waals surface area (Å²) in [6.45, 7) is 12.5. The van der Waals surface area contributed by atoms with Crippen molar-refractivity contribution in [2.45, 2.75) is 59.3 Å². The molecule has 9 rings (SSSR count). The Balaban J connectivity index is 1.33. The molecule has 0 spiro atoms. The number of aromatic nitrogens is 3. The van der Waals surface area contributed by atoms with E-state index in [0.29, 0.717) is 11.4 Å². The highest BCUT2D eigenvalue weighted by Gasteiger charge is 2.25. The van der Waals surface area contributed by atoms with Crippen LogP contribution in [0.4, 0.5) is 0 Å². The largest absolute Gasteiger partial charge is 0.507 e. The number of nitrogens with zero attached hydrogens (tertiary/aromatic N) is 3. The number of fused-ring (bicyclic) bond motifs is 1. The molecule has 4 heteroatoms. The molecule has 0 amide bonds. The van der Waals surface area contributed by atoms with E-state index in [1.807, 2.05) is 50.4 Å². The summed E-state index contributed by atoms with van der Waals surface area (Å²) in [6, 6.07) is 59.1. The van der Waals surface area contributed by atoms with Crippen LogP contribution in [0.3, 0.4) is 0 Å². The third-order valence-electron chi connectivity index (χ3n) is 11.8. The molecule has 0 aliphatic rings. The Morgan fingerprint density at radius 2 is 1.13 bits per heavy atom. The fourth-order valence-electron chi connectivity index (χ4n) is 8.48. The van der Waals surface area contributed by atoms with Gasteiger partial charge in [-0.25, -0.2) is 4.98 Å². The predicted molar refractivity (Wildman–Crippen MR) is 255 cm³/mol. The molecule has 61 heavy (non-hydrogen) atoms. The first-order chi connectivity index (χ1) is 29.9. The molecule has 2 heterocycles. The number of hydrogen-bond donors (Lipinski definition) is 1. The molecule has 0 aliphatic heterocycles. The lowest BCUT2D eigenvalue weighted by molar-refractivity contribution is 0.466. The van der Waals surface area contributed by atoms with Crippen molar-refractivity contribution in [1.82, 2.24) is 14.5 Å². The Kier molecular flexibility index (Phi) is 10.4. The maximum atomic E-state index is 12.2. The van der Waals surface area contributed by atoms with Gasteiger partial charge in [0.2, 0.25) is 0 Å². The van der Waals surface area contributed by atoms with Gasteiger partial charge in [-0.1, -0.05) is 157 Å². The highest BCUT2D eigenvalue weighted by atomic mass is 16.3. The van der Waals surface area contributed by atoms with E-state index in [-0.39, 0.29) is 17.6 Å². The summed E-state index contributed by atoms with van der Waals surface area (Å²) in [6.07, 6.45) is 1.89. The molecule has 0 atom stereocenters. The summed E-state index contributed by atoms with van der Waals surface area (Å²) in [5.41, 5.74) is 16.5. The molecule has 0 unspecified atom stereocenters. The van der Waals surface area contributed by atoms with E-state index in [0.717, 1.165) is 89.2 Å². The molecule has 1 N–H and O–H groups in total. The zero-order valence-corrected chi connectivity index (χ0v) is 35.7. The zero-order valence-electron chi connectivity index (χ0n) is 36.7. The normalized spacial score (nSPS) is 12.0. The smallest absolute Gasteiger partial charge is 0.149 e. The Morgan fingerprint density at radius 3 is 1.79 bits per heavy atom. The molecule has 0 fully saturated rings. The second kappa shape index (κ2) is 16.5. The standard InChI is InChI=1S/C57H51N3O/c1-36(2)43-32-51(38(5)6)56(61)52(33-43)57-59-55-49(23-16-24-54(55)60(57)47-25-26-48(50(35-47)37(3)4)41-21-14-9-15-22-41)45-29-44(40-19-12-8-13-20-40)30-46(31-45)53-34-42(27-28-58-53)39-17-10-7-11-18-39/h7-38,61H,1-6H3/i37D. The maximum Gasteiger partial charge on any atom is 0.149 e. The van der Waals surface area contributed by atoms with E-state index >= 15 is 0 Å². The Labute approximate surface area is 361 Å². The second-order valence-electron chi connectivity index (χ2n) is 16.8. The van der Waals surface area contributed by atoms with Crippen LogP contribution >= 0.6 is 0 Å². The lowest BCUT2D eigenvalue weighted by Crippen LogP contribution is -2.03. The summed E-state index contributed by atoms with van der Waals surface area (Å²) in [7, 11) is 0. The van der Waals surface area contributed by atoms with E-state index in [1.54, 1.807) is 0 Å². The summed E-state index contributed by atoms with van der Waals surface area (Å²) in [5.74, 6) is 0.298. The lowest BCUT2D eigenvalue weighted by Gasteiger charge is -2.20. The third-order valence-corrected chi connectivity index (χ3v) is 11.8. The molecule has 7 aromatic carbocycles. The predicted octanol–water partition coefficient (Wildman–Crippen LogP) is 15.5. The van der Waals surface area contributed by atoms with E-state index in [4.69, 9.17) is 9.97 Å². The first-order valence-electron chi connectivity index (χ1n) is 21.8. The topological polar surface area (TPSA) is 50.9 Å².